The van der Waals surface area contributed by atoms with E-state index in [0.29, 0.717) is 6.54 Å². The van der Waals surface area contributed by atoms with E-state index in [1.807, 2.05) is 24.3 Å². The summed E-state index contributed by atoms with van der Waals surface area (Å²) in [5.41, 5.74) is 0.215. The van der Waals surface area contributed by atoms with Crippen LogP contribution in [0.1, 0.15) is 27.2 Å². The minimum absolute atomic E-state index is 0.241. The van der Waals surface area contributed by atoms with Crippen molar-refractivity contribution in [3.8, 4) is 0 Å². The molecule has 1 aromatic carbocycles. The van der Waals surface area contributed by atoms with Crippen molar-refractivity contribution in [2.24, 2.45) is 0 Å². The van der Waals surface area contributed by atoms with Gasteiger partial charge in [-0.05, 0) is 51.5 Å². The summed E-state index contributed by atoms with van der Waals surface area (Å²) >= 11 is 3.34. The zero-order valence-corrected chi connectivity index (χ0v) is 14.4. The summed E-state index contributed by atoms with van der Waals surface area (Å²) in [6.07, 6.45) is -0.492. The predicted molar refractivity (Wildman–Crippen MR) is 88.0 cm³/mol. The maximum atomic E-state index is 11.6. The molecule has 0 fully saturated rings. The van der Waals surface area contributed by atoms with Gasteiger partial charge in [0.25, 0.3) is 0 Å². The number of nitrogens with one attached hydrogen (secondary N) is 2. The van der Waals surface area contributed by atoms with Crippen LogP contribution >= 0.6 is 15.9 Å². The molecule has 1 atom stereocenters. The van der Waals surface area contributed by atoms with Crippen LogP contribution < -0.4 is 10.6 Å². The Morgan fingerprint density at radius 3 is 2.36 bits per heavy atom. The van der Waals surface area contributed by atoms with Gasteiger partial charge in [-0.3, -0.25) is 0 Å². The molecule has 0 bridgehead atoms. The summed E-state index contributed by atoms with van der Waals surface area (Å²) in [5, 5.41) is 14.6. The fourth-order valence-corrected chi connectivity index (χ4v) is 1.90. The first-order valence-electron chi connectivity index (χ1n) is 6.89. The quantitative estimate of drug-likeness (QED) is 0.713. The van der Waals surface area contributed by atoms with E-state index in [2.05, 4.69) is 26.6 Å². The van der Waals surface area contributed by atoms with Crippen LogP contribution in [0.3, 0.4) is 0 Å². The average molecular weight is 373 g/mol. The summed E-state index contributed by atoms with van der Waals surface area (Å²) in [7, 11) is 0. The number of hydrogen-bond acceptors (Lipinski definition) is 4. The lowest BCUT2D eigenvalue weighted by Crippen LogP contribution is -2.44. The first-order valence-corrected chi connectivity index (χ1v) is 7.68. The van der Waals surface area contributed by atoms with Crippen LogP contribution in [-0.4, -0.2) is 35.4 Å². The monoisotopic (exact) mass is 372 g/mol. The molecule has 22 heavy (non-hydrogen) atoms. The summed E-state index contributed by atoms with van der Waals surface area (Å²) in [6, 6.07) is 6.52. The number of carbonyl (C=O) groups excluding carboxylic acids is 1. The van der Waals surface area contributed by atoms with Gasteiger partial charge in [0.2, 0.25) is 0 Å². The van der Waals surface area contributed by atoms with E-state index in [4.69, 9.17) is 9.84 Å². The number of hydrogen-bond donors (Lipinski definition) is 3. The highest BCUT2D eigenvalue weighted by Gasteiger charge is 2.23. The minimum Gasteiger partial charge on any atom is -0.480 e. The van der Waals surface area contributed by atoms with E-state index in [9.17, 15) is 9.59 Å². The number of benzene rings is 1. The van der Waals surface area contributed by atoms with Crippen LogP contribution in [0, 0.1) is 0 Å². The van der Waals surface area contributed by atoms with Gasteiger partial charge < -0.3 is 20.5 Å². The smallest absolute Gasteiger partial charge is 0.408 e. The number of ether oxygens (including phenoxy) is 1. The Hall–Kier alpha value is -1.76. The van der Waals surface area contributed by atoms with Crippen LogP contribution in [0.5, 0.6) is 0 Å². The van der Waals surface area contributed by atoms with E-state index >= 15 is 0 Å². The van der Waals surface area contributed by atoms with E-state index in [-0.39, 0.29) is 6.42 Å². The number of aliphatic carboxylic acids is 1. The van der Waals surface area contributed by atoms with Gasteiger partial charge in [-0.2, -0.15) is 0 Å². The van der Waals surface area contributed by atoms with Crippen molar-refractivity contribution in [2.45, 2.75) is 38.8 Å². The highest BCUT2D eigenvalue weighted by Crippen LogP contribution is 2.14. The lowest BCUT2D eigenvalue weighted by Gasteiger charge is -2.22. The number of carbonyl (C=O) groups is 2. The Morgan fingerprint density at radius 1 is 1.27 bits per heavy atom. The SMILES string of the molecule is CC(C)(C)OC(=O)N[C@@H](CCNc1ccc(Br)cc1)C(=O)O. The highest BCUT2D eigenvalue weighted by molar-refractivity contribution is 9.10. The zero-order chi connectivity index (χ0) is 16.8. The lowest BCUT2D eigenvalue weighted by atomic mass is 10.2. The Bertz CT molecular complexity index is 511. The van der Waals surface area contributed by atoms with E-state index in [1.54, 1.807) is 20.8 Å². The second kappa shape index (κ2) is 8.03. The Morgan fingerprint density at radius 2 is 1.86 bits per heavy atom. The molecule has 0 aliphatic rings. The second-order valence-corrected chi connectivity index (χ2v) is 6.68. The third-order valence-corrected chi connectivity index (χ3v) is 3.12. The van der Waals surface area contributed by atoms with Gasteiger partial charge in [-0.25, -0.2) is 9.59 Å². The fourth-order valence-electron chi connectivity index (χ4n) is 1.64. The van der Waals surface area contributed by atoms with E-state index in [0.717, 1.165) is 10.2 Å². The van der Waals surface area contributed by atoms with Crippen molar-refractivity contribution < 1.29 is 19.4 Å². The number of halogens is 1. The Kier molecular flexibility index (Phi) is 6.67. The number of carboxylic acids is 1. The number of amides is 1. The molecule has 0 aliphatic carbocycles. The molecule has 3 N–H and O–H groups in total. The molecular weight excluding hydrogens is 352 g/mol. The van der Waals surface area contributed by atoms with Gasteiger partial charge in [0.15, 0.2) is 0 Å². The number of anilines is 1. The molecular formula is C15H21BrN2O4. The first-order chi connectivity index (χ1) is 10.2. The van der Waals surface area contributed by atoms with Crippen molar-refractivity contribution in [1.82, 2.24) is 5.32 Å². The van der Waals surface area contributed by atoms with Crippen molar-refractivity contribution in [3.63, 3.8) is 0 Å². The van der Waals surface area contributed by atoms with Crippen LogP contribution in [0.2, 0.25) is 0 Å². The molecule has 0 unspecified atom stereocenters. The van der Waals surface area contributed by atoms with Crippen molar-refractivity contribution in [2.75, 3.05) is 11.9 Å². The molecule has 0 aromatic heterocycles. The lowest BCUT2D eigenvalue weighted by molar-refractivity contribution is -0.139. The molecule has 0 spiro atoms. The molecule has 0 heterocycles. The number of alkyl carbamates (subject to hydrolysis) is 1. The van der Waals surface area contributed by atoms with Crippen molar-refractivity contribution in [1.29, 1.82) is 0 Å². The van der Waals surface area contributed by atoms with Crippen LogP contribution in [0.25, 0.3) is 0 Å². The topological polar surface area (TPSA) is 87.7 Å². The summed E-state index contributed by atoms with van der Waals surface area (Å²) in [4.78, 5) is 22.8. The zero-order valence-electron chi connectivity index (χ0n) is 12.9. The van der Waals surface area contributed by atoms with Gasteiger partial charge in [-0.15, -0.1) is 0 Å². The van der Waals surface area contributed by atoms with Crippen molar-refractivity contribution >= 4 is 33.7 Å². The Balaban J connectivity index is 2.46. The third kappa shape index (κ3) is 7.31. The minimum atomic E-state index is -1.09. The normalized spacial score (nSPS) is 12.4. The molecule has 0 radical (unpaired) electrons. The van der Waals surface area contributed by atoms with Crippen LogP contribution in [0.4, 0.5) is 10.5 Å². The molecule has 122 valence electrons. The Labute approximate surface area is 138 Å². The summed E-state index contributed by atoms with van der Waals surface area (Å²) in [5.74, 6) is -1.09. The van der Waals surface area contributed by atoms with Gasteiger partial charge >= 0.3 is 12.1 Å². The van der Waals surface area contributed by atoms with Gasteiger partial charge in [0.05, 0.1) is 0 Å². The molecule has 0 saturated carbocycles. The average Bonchev–Trinajstić information content (AvgIpc) is 2.37. The van der Waals surface area contributed by atoms with Crippen LogP contribution in [-0.2, 0) is 9.53 Å². The predicted octanol–water partition coefficient (Wildman–Crippen LogP) is 3.23. The summed E-state index contributed by atoms with van der Waals surface area (Å²) in [6.45, 7) is 5.57. The molecule has 7 heteroatoms. The standard InChI is InChI=1S/C15H21BrN2O4/c1-15(2,3)22-14(21)18-12(13(19)20)8-9-17-11-6-4-10(16)5-7-11/h4-7,12,17H,8-9H2,1-3H3,(H,18,21)(H,19,20)/t12-/m0/s1. The molecule has 1 aromatic rings. The van der Waals surface area contributed by atoms with E-state index in [1.165, 1.54) is 0 Å². The summed E-state index contributed by atoms with van der Waals surface area (Å²) < 4.78 is 6.02. The third-order valence-electron chi connectivity index (χ3n) is 2.60. The highest BCUT2D eigenvalue weighted by atomic mass is 79.9. The first kappa shape index (κ1) is 18.3. The second-order valence-electron chi connectivity index (χ2n) is 5.76. The van der Waals surface area contributed by atoms with Gasteiger partial charge in [0.1, 0.15) is 11.6 Å². The van der Waals surface area contributed by atoms with Gasteiger partial charge in [0, 0.05) is 16.7 Å². The number of carboxylic acid groups (broad SMARTS) is 1. The van der Waals surface area contributed by atoms with Gasteiger partial charge in [-0.1, -0.05) is 15.9 Å². The largest absolute Gasteiger partial charge is 0.480 e. The molecule has 6 nitrogen and oxygen atoms in total. The van der Waals surface area contributed by atoms with Crippen LogP contribution in [0.15, 0.2) is 28.7 Å². The molecule has 0 saturated heterocycles. The number of rotatable bonds is 6. The van der Waals surface area contributed by atoms with E-state index < -0.39 is 23.7 Å². The molecule has 1 amide bonds. The fraction of sp³-hybridized carbons (Fsp3) is 0.467. The maximum Gasteiger partial charge on any atom is 0.408 e. The molecule has 0 aliphatic heterocycles. The van der Waals surface area contributed by atoms with Crippen molar-refractivity contribution in [3.05, 3.63) is 28.7 Å². The maximum absolute atomic E-state index is 11.6. The molecule has 1 rings (SSSR count).